The number of hydrogen-bond acceptors (Lipinski definition) is 5. The van der Waals surface area contributed by atoms with Gasteiger partial charge in [0.1, 0.15) is 5.60 Å². The number of amides is 1. The molecule has 1 aliphatic carbocycles. The van der Waals surface area contributed by atoms with Gasteiger partial charge >= 0.3 is 6.09 Å². The van der Waals surface area contributed by atoms with Crippen molar-refractivity contribution in [1.82, 2.24) is 10.4 Å². The number of likely N-dealkylation sites (tertiary alicyclic amines) is 1. The number of rotatable bonds is 6. The van der Waals surface area contributed by atoms with Gasteiger partial charge in [-0.3, -0.25) is 4.84 Å². The first-order valence-corrected chi connectivity index (χ1v) is 8.78. The van der Waals surface area contributed by atoms with Crippen LogP contribution < -0.4 is 5.48 Å². The summed E-state index contributed by atoms with van der Waals surface area (Å²) in [6, 6.07) is 0.566. The number of nitrogens with one attached hydrogen (secondary N) is 1. The van der Waals surface area contributed by atoms with Gasteiger partial charge in [0, 0.05) is 25.7 Å². The smallest absolute Gasteiger partial charge is 0.410 e. The highest BCUT2D eigenvalue weighted by Gasteiger charge is 2.42. The second-order valence-corrected chi connectivity index (χ2v) is 7.54. The second kappa shape index (κ2) is 8.31. The second-order valence-electron chi connectivity index (χ2n) is 7.54. The highest BCUT2D eigenvalue weighted by molar-refractivity contribution is 5.69. The first-order valence-electron chi connectivity index (χ1n) is 8.78. The number of hydrogen-bond donors (Lipinski definition) is 1. The van der Waals surface area contributed by atoms with E-state index in [1.807, 2.05) is 25.7 Å². The van der Waals surface area contributed by atoms with Crippen LogP contribution in [0.3, 0.4) is 0 Å². The molecule has 0 aromatic carbocycles. The molecule has 134 valence electrons. The van der Waals surface area contributed by atoms with E-state index in [0.29, 0.717) is 25.2 Å². The van der Waals surface area contributed by atoms with E-state index in [2.05, 4.69) is 5.48 Å². The van der Waals surface area contributed by atoms with Gasteiger partial charge in [-0.25, -0.2) is 4.79 Å². The fourth-order valence-corrected chi connectivity index (χ4v) is 3.67. The first kappa shape index (κ1) is 18.5. The lowest BCUT2D eigenvalue weighted by Crippen LogP contribution is -2.47. The molecule has 3 unspecified atom stereocenters. The Morgan fingerprint density at radius 2 is 1.96 bits per heavy atom. The maximum atomic E-state index is 12.5. The summed E-state index contributed by atoms with van der Waals surface area (Å²) in [7, 11) is 1.67. The van der Waals surface area contributed by atoms with Crippen LogP contribution in [-0.2, 0) is 14.3 Å². The Morgan fingerprint density at radius 3 is 2.65 bits per heavy atom. The van der Waals surface area contributed by atoms with E-state index in [-0.39, 0.29) is 12.1 Å². The minimum atomic E-state index is -0.444. The molecule has 1 amide bonds. The molecule has 1 heterocycles. The molecule has 0 radical (unpaired) electrons. The third kappa shape index (κ3) is 5.33. The number of methoxy groups -OCH3 is 1. The number of hydroxylamine groups is 1. The summed E-state index contributed by atoms with van der Waals surface area (Å²) < 4.78 is 10.6. The van der Waals surface area contributed by atoms with Crippen molar-refractivity contribution < 1.29 is 19.1 Å². The van der Waals surface area contributed by atoms with Gasteiger partial charge in [-0.1, -0.05) is 6.42 Å². The number of carbonyl (C=O) groups is 1. The number of nitrogens with zero attached hydrogens (tertiary/aromatic N) is 1. The summed E-state index contributed by atoms with van der Waals surface area (Å²) in [4.78, 5) is 19.9. The highest BCUT2D eigenvalue weighted by Crippen LogP contribution is 2.36. The highest BCUT2D eigenvalue weighted by atomic mass is 16.7. The zero-order valence-electron chi connectivity index (χ0n) is 15.0. The van der Waals surface area contributed by atoms with Crippen molar-refractivity contribution in [2.45, 2.75) is 70.6 Å². The van der Waals surface area contributed by atoms with Gasteiger partial charge in [0.15, 0.2) is 0 Å². The Morgan fingerprint density at radius 1 is 1.17 bits per heavy atom. The first-order chi connectivity index (χ1) is 10.9. The Balaban J connectivity index is 1.91. The molecule has 0 aromatic heterocycles. The largest absolute Gasteiger partial charge is 0.444 e. The summed E-state index contributed by atoms with van der Waals surface area (Å²) in [5, 5.41) is 0. The van der Waals surface area contributed by atoms with Crippen LogP contribution in [0.25, 0.3) is 0 Å². The van der Waals surface area contributed by atoms with Crippen LogP contribution >= 0.6 is 0 Å². The third-order valence-electron chi connectivity index (χ3n) is 4.62. The Bertz CT molecular complexity index is 383. The molecule has 2 fully saturated rings. The molecular weight excluding hydrogens is 296 g/mol. The van der Waals surface area contributed by atoms with Crippen LogP contribution in [0.15, 0.2) is 0 Å². The minimum absolute atomic E-state index is 0.175. The summed E-state index contributed by atoms with van der Waals surface area (Å²) >= 11 is 0. The monoisotopic (exact) mass is 328 g/mol. The van der Waals surface area contributed by atoms with E-state index in [1.54, 1.807) is 7.11 Å². The quantitative estimate of drug-likeness (QED) is 0.600. The molecule has 1 saturated heterocycles. The summed E-state index contributed by atoms with van der Waals surface area (Å²) in [6.45, 7) is 7.67. The lowest BCUT2D eigenvalue weighted by molar-refractivity contribution is -0.0278. The predicted octanol–water partition coefficient (Wildman–Crippen LogP) is 2.72. The van der Waals surface area contributed by atoms with Crippen molar-refractivity contribution in [3.63, 3.8) is 0 Å². The molecule has 3 atom stereocenters. The van der Waals surface area contributed by atoms with Crippen molar-refractivity contribution in [2.75, 3.05) is 26.9 Å². The lowest BCUT2D eigenvalue weighted by Gasteiger charge is -2.34. The summed E-state index contributed by atoms with van der Waals surface area (Å²) in [5.41, 5.74) is 2.75. The zero-order chi connectivity index (χ0) is 16.9. The van der Waals surface area contributed by atoms with Crippen LogP contribution in [0, 0.1) is 5.92 Å². The molecule has 6 heteroatoms. The molecular formula is C17H32N2O4. The molecule has 0 bridgehead atoms. The van der Waals surface area contributed by atoms with Crippen LogP contribution in [0.5, 0.6) is 0 Å². The number of carbonyl (C=O) groups excluding carboxylic acids is 1. The standard InChI is InChI=1S/C17H32N2O4/c1-17(2,3)23-16(20)19-10-6-9-15(19)13-7-5-8-14(13)18-22-12-11-21-4/h13-15,18H,5-12H2,1-4H3. The molecule has 2 rings (SSSR count). The van der Waals surface area contributed by atoms with Crippen LogP contribution in [0.2, 0.25) is 0 Å². The minimum Gasteiger partial charge on any atom is -0.444 e. The van der Waals surface area contributed by atoms with E-state index in [4.69, 9.17) is 14.3 Å². The summed E-state index contributed by atoms with van der Waals surface area (Å²) in [6.07, 6.45) is 5.34. The zero-order valence-corrected chi connectivity index (χ0v) is 15.0. The van der Waals surface area contributed by atoms with Gasteiger partial charge < -0.3 is 14.4 Å². The molecule has 6 nitrogen and oxygen atoms in total. The van der Waals surface area contributed by atoms with Crippen molar-refractivity contribution in [2.24, 2.45) is 5.92 Å². The lowest BCUT2D eigenvalue weighted by atomic mass is 9.93. The van der Waals surface area contributed by atoms with Crippen LogP contribution in [-0.4, -0.2) is 55.5 Å². The maximum Gasteiger partial charge on any atom is 0.410 e. The maximum absolute atomic E-state index is 12.5. The third-order valence-corrected chi connectivity index (χ3v) is 4.62. The van der Waals surface area contributed by atoms with Gasteiger partial charge in [-0.15, -0.1) is 0 Å². The van der Waals surface area contributed by atoms with Gasteiger partial charge in [0.25, 0.3) is 0 Å². The van der Waals surface area contributed by atoms with E-state index in [9.17, 15) is 4.79 Å². The van der Waals surface area contributed by atoms with Crippen LogP contribution in [0.1, 0.15) is 52.9 Å². The number of ether oxygens (including phenoxy) is 2. The average molecular weight is 328 g/mol. The molecule has 1 aliphatic heterocycles. The Labute approximate surface area is 139 Å². The van der Waals surface area contributed by atoms with Crippen molar-refractivity contribution in [1.29, 1.82) is 0 Å². The van der Waals surface area contributed by atoms with E-state index >= 15 is 0 Å². The van der Waals surface area contributed by atoms with Gasteiger partial charge in [-0.05, 0) is 52.4 Å². The molecule has 0 spiro atoms. The van der Waals surface area contributed by atoms with Gasteiger partial charge in [0.05, 0.1) is 13.2 Å². The average Bonchev–Trinajstić information content (AvgIpc) is 3.09. The SMILES string of the molecule is COCCONC1CCCC1C1CCCN1C(=O)OC(C)(C)C. The van der Waals surface area contributed by atoms with E-state index < -0.39 is 5.60 Å². The summed E-state index contributed by atoms with van der Waals surface area (Å²) in [5.74, 6) is 0.438. The molecule has 2 aliphatic rings. The van der Waals surface area contributed by atoms with Crippen molar-refractivity contribution in [3.8, 4) is 0 Å². The Kier molecular flexibility index (Phi) is 6.68. The topological polar surface area (TPSA) is 60.0 Å². The molecule has 1 N–H and O–H groups in total. The predicted molar refractivity (Wildman–Crippen MR) is 88.1 cm³/mol. The van der Waals surface area contributed by atoms with Crippen LogP contribution in [0.4, 0.5) is 4.79 Å². The van der Waals surface area contributed by atoms with Gasteiger partial charge in [0.2, 0.25) is 0 Å². The van der Waals surface area contributed by atoms with E-state index in [1.165, 1.54) is 6.42 Å². The normalized spacial score (nSPS) is 28.3. The fraction of sp³-hybridized carbons (Fsp3) is 0.941. The Hall–Kier alpha value is -0.850. The molecule has 1 saturated carbocycles. The molecule has 0 aromatic rings. The fourth-order valence-electron chi connectivity index (χ4n) is 3.67. The van der Waals surface area contributed by atoms with E-state index in [0.717, 1.165) is 32.2 Å². The van der Waals surface area contributed by atoms with Crippen molar-refractivity contribution >= 4 is 6.09 Å². The van der Waals surface area contributed by atoms with Gasteiger partial charge in [-0.2, -0.15) is 5.48 Å². The van der Waals surface area contributed by atoms with Crippen molar-refractivity contribution in [3.05, 3.63) is 0 Å². The molecule has 23 heavy (non-hydrogen) atoms.